The summed E-state index contributed by atoms with van der Waals surface area (Å²) >= 11 is 1.68. The normalized spacial score (nSPS) is 13.0. The molecule has 2 aromatic rings. The Labute approximate surface area is 80.8 Å². The second-order valence-corrected chi connectivity index (χ2v) is 3.70. The SMILES string of the molecule is NC(Cn1ccnc1)c1ccsc1. The Balaban J connectivity index is 2.04. The van der Waals surface area contributed by atoms with Crippen molar-refractivity contribution in [3.63, 3.8) is 0 Å². The first-order valence-electron chi connectivity index (χ1n) is 4.09. The molecule has 2 rings (SSSR count). The lowest BCUT2D eigenvalue weighted by Crippen LogP contribution is -2.15. The molecule has 0 amide bonds. The number of nitrogens with two attached hydrogens (primary N) is 1. The zero-order chi connectivity index (χ0) is 9.10. The zero-order valence-corrected chi connectivity index (χ0v) is 7.95. The van der Waals surface area contributed by atoms with E-state index in [2.05, 4.69) is 16.4 Å². The first-order valence-corrected chi connectivity index (χ1v) is 5.04. The van der Waals surface area contributed by atoms with Crippen molar-refractivity contribution in [3.05, 3.63) is 41.1 Å². The van der Waals surface area contributed by atoms with Crippen molar-refractivity contribution in [1.82, 2.24) is 9.55 Å². The molecule has 0 aliphatic heterocycles. The third kappa shape index (κ3) is 1.96. The van der Waals surface area contributed by atoms with Crippen molar-refractivity contribution >= 4 is 11.3 Å². The number of nitrogens with zero attached hydrogens (tertiary/aromatic N) is 2. The van der Waals surface area contributed by atoms with Crippen molar-refractivity contribution in [2.45, 2.75) is 12.6 Å². The van der Waals surface area contributed by atoms with Gasteiger partial charge in [0, 0.05) is 25.0 Å². The van der Waals surface area contributed by atoms with Crippen LogP contribution in [-0.4, -0.2) is 9.55 Å². The van der Waals surface area contributed by atoms with Gasteiger partial charge in [-0.05, 0) is 22.4 Å². The number of imidazole rings is 1. The van der Waals surface area contributed by atoms with E-state index in [9.17, 15) is 0 Å². The first kappa shape index (κ1) is 8.47. The van der Waals surface area contributed by atoms with E-state index < -0.39 is 0 Å². The molecule has 2 N–H and O–H groups in total. The number of hydrogen-bond donors (Lipinski definition) is 1. The molecule has 2 aromatic heterocycles. The Morgan fingerprint density at radius 1 is 1.62 bits per heavy atom. The van der Waals surface area contributed by atoms with E-state index in [4.69, 9.17) is 5.73 Å². The standard InChI is InChI=1S/C9H11N3S/c10-9(8-1-4-13-6-8)5-12-3-2-11-7-12/h1-4,6-7,9H,5,10H2. The molecule has 1 atom stereocenters. The molecule has 2 heterocycles. The maximum absolute atomic E-state index is 5.99. The van der Waals surface area contributed by atoms with E-state index in [0.717, 1.165) is 6.54 Å². The molecule has 13 heavy (non-hydrogen) atoms. The number of hydrogen-bond acceptors (Lipinski definition) is 3. The summed E-state index contributed by atoms with van der Waals surface area (Å²) in [7, 11) is 0. The van der Waals surface area contributed by atoms with Crippen LogP contribution in [0, 0.1) is 0 Å². The molecule has 0 aliphatic carbocycles. The van der Waals surface area contributed by atoms with Gasteiger partial charge in [-0.25, -0.2) is 4.98 Å². The highest BCUT2D eigenvalue weighted by Gasteiger charge is 2.05. The van der Waals surface area contributed by atoms with Gasteiger partial charge in [-0.3, -0.25) is 0 Å². The summed E-state index contributed by atoms with van der Waals surface area (Å²) in [5.41, 5.74) is 7.18. The minimum Gasteiger partial charge on any atom is -0.336 e. The molecule has 0 saturated carbocycles. The van der Waals surface area contributed by atoms with E-state index in [1.807, 2.05) is 16.1 Å². The van der Waals surface area contributed by atoms with Crippen molar-refractivity contribution < 1.29 is 0 Å². The van der Waals surface area contributed by atoms with Crippen LogP contribution in [0.4, 0.5) is 0 Å². The molecule has 0 spiro atoms. The maximum Gasteiger partial charge on any atom is 0.0946 e. The summed E-state index contributed by atoms with van der Waals surface area (Å²) in [4.78, 5) is 3.97. The first-order chi connectivity index (χ1) is 6.36. The van der Waals surface area contributed by atoms with Crippen LogP contribution in [0.5, 0.6) is 0 Å². The van der Waals surface area contributed by atoms with Crippen LogP contribution >= 0.6 is 11.3 Å². The van der Waals surface area contributed by atoms with Gasteiger partial charge in [-0.15, -0.1) is 0 Å². The molecule has 0 radical (unpaired) electrons. The Morgan fingerprint density at radius 2 is 2.54 bits per heavy atom. The molecule has 4 heteroatoms. The van der Waals surface area contributed by atoms with Crippen LogP contribution in [0.2, 0.25) is 0 Å². The molecule has 0 fully saturated rings. The van der Waals surface area contributed by atoms with Crippen LogP contribution in [-0.2, 0) is 6.54 Å². The molecule has 0 aromatic carbocycles. The fourth-order valence-corrected chi connectivity index (χ4v) is 1.94. The summed E-state index contributed by atoms with van der Waals surface area (Å²) in [5.74, 6) is 0. The second-order valence-electron chi connectivity index (χ2n) is 2.92. The average molecular weight is 193 g/mol. The fourth-order valence-electron chi connectivity index (χ4n) is 1.21. The lowest BCUT2D eigenvalue weighted by Gasteiger charge is -2.09. The van der Waals surface area contributed by atoms with Crippen LogP contribution in [0.1, 0.15) is 11.6 Å². The van der Waals surface area contributed by atoms with Crippen molar-refractivity contribution in [1.29, 1.82) is 0 Å². The van der Waals surface area contributed by atoms with Gasteiger partial charge in [-0.2, -0.15) is 11.3 Å². The molecule has 1 unspecified atom stereocenters. The third-order valence-corrected chi connectivity index (χ3v) is 2.64. The van der Waals surface area contributed by atoms with Crippen LogP contribution < -0.4 is 5.73 Å². The van der Waals surface area contributed by atoms with E-state index in [-0.39, 0.29) is 6.04 Å². The highest BCUT2D eigenvalue weighted by atomic mass is 32.1. The third-order valence-electron chi connectivity index (χ3n) is 1.94. The lowest BCUT2D eigenvalue weighted by atomic mass is 10.2. The van der Waals surface area contributed by atoms with E-state index in [1.54, 1.807) is 23.9 Å². The number of thiophene rings is 1. The highest BCUT2D eigenvalue weighted by Crippen LogP contribution is 2.15. The van der Waals surface area contributed by atoms with Gasteiger partial charge in [0.2, 0.25) is 0 Å². The zero-order valence-electron chi connectivity index (χ0n) is 7.13. The largest absolute Gasteiger partial charge is 0.336 e. The van der Waals surface area contributed by atoms with Gasteiger partial charge in [0.15, 0.2) is 0 Å². The molecular formula is C9H11N3S. The summed E-state index contributed by atoms with van der Waals surface area (Å²) < 4.78 is 1.99. The van der Waals surface area contributed by atoms with Gasteiger partial charge in [0.25, 0.3) is 0 Å². The second kappa shape index (κ2) is 3.72. The van der Waals surface area contributed by atoms with Gasteiger partial charge in [0.1, 0.15) is 0 Å². The molecule has 68 valence electrons. The topological polar surface area (TPSA) is 43.8 Å². The quantitative estimate of drug-likeness (QED) is 0.805. The summed E-state index contributed by atoms with van der Waals surface area (Å²) in [6.07, 6.45) is 5.47. The lowest BCUT2D eigenvalue weighted by molar-refractivity contribution is 0.578. The van der Waals surface area contributed by atoms with Crippen molar-refractivity contribution in [2.24, 2.45) is 5.73 Å². The Morgan fingerprint density at radius 3 is 3.15 bits per heavy atom. The Hall–Kier alpha value is -1.13. The smallest absolute Gasteiger partial charge is 0.0946 e. The maximum atomic E-state index is 5.99. The van der Waals surface area contributed by atoms with Crippen LogP contribution in [0.15, 0.2) is 35.5 Å². The Bertz CT molecular complexity index is 339. The van der Waals surface area contributed by atoms with Crippen molar-refractivity contribution in [2.75, 3.05) is 0 Å². The number of rotatable bonds is 3. The van der Waals surface area contributed by atoms with Gasteiger partial charge >= 0.3 is 0 Å². The van der Waals surface area contributed by atoms with Gasteiger partial charge < -0.3 is 10.3 Å². The van der Waals surface area contributed by atoms with Crippen LogP contribution in [0.3, 0.4) is 0 Å². The van der Waals surface area contributed by atoms with Gasteiger partial charge in [-0.1, -0.05) is 0 Å². The van der Waals surface area contributed by atoms with E-state index in [0.29, 0.717) is 0 Å². The van der Waals surface area contributed by atoms with Crippen LogP contribution in [0.25, 0.3) is 0 Å². The summed E-state index contributed by atoms with van der Waals surface area (Å²) in [6, 6.07) is 2.13. The highest BCUT2D eigenvalue weighted by molar-refractivity contribution is 7.07. The predicted molar refractivity (Wildman–Crippen MR) is 53.5 cm³/mol. The van der Waals surface area contributed by atoms with Crippen molar-refractivity contribution in [3.8, 4) is 0 Å². The minimum atomic E-state index is 0.0699. The molecule has 0 aliphatic rings. The summed E-state index contributed by atoms with van der Waals surface area (Å²) in [5, 5.41) is 4.13. The Kier molecular flexibility index (Phi) is 2.42. The number of aromatic nitrogens is 2. The van der Waals surface area contributed by atoms with Gasteiger partial charge in [0.05, 0.1) is 6.33 Å². The molecule has 0 saturated heterocycles. The average Bonchev–Trinajstić information content (AvgIpc) is 2.74. The predicted octanol–water partition coefficient (Wildman–Crippen LogP) is 1.64. The summed E-state index contributed by atoms with van der Waals surface area (Å²) in [6.45, 7) is 0.788. The molecule has 0 bridgehead atoms. The van der Waals surface area contributed by atoms with E-state index >= 15 is 0 Å². The monoisotopic (exact) mass is 193 g/mol. The molecular weight excluding hydrogens is 182 g/mol. The fraction of sp³-hybridized carbons (Fsp3) is 0.222. The van der Waals surface area contributed by atoms with E-state index in [1.165, 1.54) is 5.56 Å². The molecule has 3 nitrogen and oxygen atoms in total. The minimum absolute atomic E-state index is 0.0699.